The Labute approximate surface area is 190 Å². The van der Waals surface area contributed by atoms with Gasteiger partial charge in [-0.15, -0.1) is 0 Å². The minimum absolute atomic E-state index is 0.0222. The van der Waals surface area contributed by atoms with Crippen LogP contribution in [-0.2, 0) is 4.74 Å². The van der Waals surface area contributed by atoms with Crippen LogP contribution in [0, 0.1) is 0 Å². The Balaban J connectivity index is 0.000000858. The molecule has 164 valence electrons. The SMILES string of the molecule is CCC.COc1ccc2cc(C(C)Nc3nccc(N4CCOC4=O)n3)ccc2c1Br. The molecule has 1 aromatic heterocycles. The van der Waals surface area contributed by atoms with E-state index in [0.717, 1.165) is 26.6 Å². The molecule has 1 saturated heterocycles. The van der Waals surface area contributed by atoms with Gasteiger partial charge >= 0.3 is 6.09 Å². The summed E-state index contributed by atoms with van der Waals surface area (Å²) in [6.07, 6.45) is 2.50. The molecular weight excluding hydrogens is 460 g/mol. The van der Waals surface area contributed by atoms with Crippen LogP contribution in [0.2, 0.25) is 0 Å². The van der Waals surface area contributed by atoms with Crippen LogP contribution in [-0.4, -0.2) is 36.3 Å². The highest BCUT2D eigenvalue weighted by molar-refractivity contribution is 9.10. The number of anilines is 2. The van der Waals surface area contributed by atoms with Gasteiger partial charge in [0.1, 0.15) is 18.2 Å². The van der Waals surface area contributed by atoms with Crippen LogP contribution >= 0.6 is 15.9 Å². The monoisotopic (exact) mass is 486 g/mol. The quantitative estimate of drug-likeness (QED) is 0.480. The van der Waals surface area contributed by atoms with E-state index in [9.17, 15) is 4.79 Å². The molecule has 1 atom stereocenters. The molecular formula is C23H27BrN4O3. The summed E-state index contributed by atoms with van der Waals surface area (Å²) in [6, 6.07) is 11.9. The zero-order chi connectivity index (χ0) is 22.4. The Kier molecular flexibility index (Phi) is 7.68. The van der Waals surface area contributed by atoms with E-state index in [2.05, 4.69) is 63.3 Å². The van der Waals surface area contributed by atoms with Crippen LogP contribution in [0.15, 0.2) is 47.1 Å². The van der Waals surface area contributed by atoms with Crippen molar-refractivity contribution in [3.05, 3.63) is 52.6 Å². The molecule has 4 rings (SSSR count). The smallest absolute Gasteiger partial charge is 0.415 e. The number of nitrogens with zero attached hydrogens (tertiary/aromatic N) is 3. The molecule has 0 bridgehead atoms. The van der Waals surface area contributed by atoms with Crippen molar-refractivity contribution in [2.45, 2.75) is 33.2 Å². The van der Waals surface area contributed by atoms with E-state index in [0.29, 0.717) is 24.9 Å². The molecule has 1 unspecified atom stereocenters. The van der Waals surface area contributed by atoms with E-state index in [1.54, 1.807) is 19.4 Å². The molecule has 7 nitrogen and oxygen atoms in total. The second-order valence-electron chi connectivity index (χ2n) is 7.14. The van der Waals surface area contributed by atoms with E-state index in [1.807, 2.05) is 19.1 Å². The number of aromatic nitrogens is 2. The summed E-state index contributed by atoms with van der Waals surface area (Å²) >= 11 is 3.60. The maximum absolute atomic E-state index is 11.7. The molecule has 2 heterocycles. The van der Waals surface area contributed by atoms with E-state index in [4.69, 9.17) is 9.47 Å². The molecule has 31 heavy (non-hydrogen) atoms. The van der Waals surface area contributed by atoms with Gasteiger partial charge < -0.3 is 14.8 Å². The number of nitrogens with one attached hydrogen (secondary N) is 1. The number of ether oxygens (including phenoxy) is 2. The fourth-order valence-corrected chi connectivity index (χ4v) is 3.82. The zero-order valence-corrected chi connectivity index (χ0v) is 19.8. The normalized spacial score (nSPS) is 14.0. The number of benzene rings is 2. The lowest BCUT2D eigenvalue weighted by molar-refractivity contribution is 0.181. The lowest BCUT2D eigenvalue weighted by Crippen LogP contribution is -2.25. The van der Waals surface area contributed by atoms with Crippen molar-refractivity contribution in [2.75, 3.05) is 30.5 Å². The first-order chi connectivity index (χ1) is 15.0. The first kappa shape index (κ1) is 22.8. The maximum Gasteiger partial charge on any atom is 0.415 e. The number of halogens is 1. The molecule has 2 aromatic carbocycles. The molecule has 1 amide bonds. The topological polar surface area (TPSA) is 76.6 Å². The van der Waals surface area contributed by atoms with Gasteiger partial charge in [0.2, 0.25) is 5.95 Å². The van der Waals surface area contributed by atoms with Gasteiger partial charge in [0.25, 0.3) is 0 Å². The summed E-state index contributed by atoms with van der Waals surface area (Å²) in [5.74, 6) is 1.79. The highest BCUT2D eigenvalue weighted by atomic mass is 79.9. The Morgan fingerprint density at radius 3 is 2.71 bits per heavy atom. The van der Waals surface area contributed by atoms with Gasteiger partial charge in [0.05, 0.1) is 24.2 Å². The van der Waals surface area contributed by atoms with Crippen LogP contribution < -0.4 is 15.0 Å². The Morgan fingerprint density at radius 2 is 2.03 bits per heavy atom. The fourth-order valence-electron chi connectivity index (χ4n) is 3.16. The van der Waals surface area contributed by atoms with E-state index < -0.39 is 0 Å². The van der Waals surface area contributed by atoms with Gasteiger partial charge in [0, 0.05) is 6.20 Å². The van der Waals surface area contributed by atoms with Crippen molar-refractivity contribution in [2.24, 2.45) is 0 Å². The largest absolute Gasteiger partial charge is 0.496 e. The van der Waals surface area contributed by atoms with Crippen LogP contribution in [0.25, 0.3) is 10.8 Å². The van der Waals surface area contributed by atoms with Crippen molar-refractivity contribution in [3.8, 4) is 5.75 Å². The molecule has 1 aliphatic rings. The minimum Gasteiger partial charge on any atom is -0.496 e. The number of cyclic esters (lactones) is 1. The molecule has 3 aromatic rings. The minimum atomic E-state index is -0.381. The summed E-state index contributed by atoms with van der Waals surface area (Å²) in [6.45, 7) is 7.16. The van der Waals surface area contributed by atoms with E-state index in [-0.39, 0.29) is 12.1 Å². The number of carbonyl (C=O) groups excluding carboxylic acids is 1. The Bertz CT molecular complexity index is 1060. The third kappa shape index (κ3) is 5.25. The van der Waals surface area contributed by atoms with Crippen molar-refractivity contribution in [1.82, 2.24) is 9.97 Å². The number of fused-ring (bicyclic) bond motifs is 1. The summed E-state index contributed by atoms with van der Waals surface area (Å²) < 4.78 is 11.3. The van der Waals surface area contributed by atoms with Crippen molar-refractivity contribution < 1.29 is 14.3 Å². The molecule has 0 radical (unpaired) electrons. The number of rotatable bonds is 5. The van der Waals surface area contributed by atoms with Gasteiger partial charge in [-0.3, -0.25) is 4.90 Å². The predicted molar refractivity (Wildman–Crippen MR) is 127 cm³/mol. The van der Waals surface area contributed by atoms with E-state index in [1.165, 1.54) is 11.3 Å². The highest BCUT2D eigenvalue weighted by Crippen LogP contribution is 2.34. The van der Waals surface area contributed by atoms with Gasteiger partial charge in [0.15, 0.2) is 0 Å². The second kappa shape index (κ2) is 10.4. The average molecular weight is 487 g/mol. The molecule has 0 spiro atoms. The summed E-state index contributed by atoms with van der Waals surface area (Å²) in [4.78, 5) is 22.0. The third-order valence-electron chi connectivity index (χ3n) is 4.69. The Morgan fingerprint density at radius 1 is 1.26 bits per heavy atom. The summed E-state index contributed by atoms with van der Waals surface area (Å²) in [5, 5.41) is 5.49. The van der Waals surface area contributed by atoms with Crippen molar-refractivity contribution in [3.63, 3.8) is 0 Å². The number of methoxy groups -OCH3 is 1. The number of hydrogen-bond acceptors (Lipinski definition) is 6. The van der Waals surface area contributed by atoms with Crippen LogP contribution in [0.1, 0.15) is 38.8 Å². The lowest BCUT2D eigenvalue weighted by Gasteiger charge is -2.17. The number of amides is 1. The fraction of sp³-hybridized carbons (Fsp3) is 0.348. The standard InChI is InChI=1S/C20H19BrN4O3.C3H8/c1-12(13-3-5-15-14(11-13)4-6-16(27-2)18(15)21)23-19-22-8-7-17(24-19)25-9-10-28-20(25)26;1-3-2/h3-8,11-12H,9-10H2,1-2H3,(H,22,23,24);3H2,1-2H3. The molecule has 0 aliphatic carbocycles. The number of hydrogen-bond donors (Lipinski definition) is 1. The molecule has 1 aliphatic heterocycles. The lowest BCUT2D eigenvalue weighted by atomic mass is 10.0. The molecule has 0 saturated carbocycles. The van der Waals surface area contributed by atoms with Crippen molar-refractivity contribution >= 4 is 44.6 Å². The van der Waals surface area contributed by atoms with Crippen LogP contribution in [0.3, 0.4) is 0 Å². The third-order valence-corrected chi connectivity index (χ3v) is 5.50. The first-order valence-electron chi connectivity index (χ1n) is 10.3. The number of carbonyl (C=O) groups is 1. The van der Waals surface area contributed by atoms with Gasteiger partial charge in [-0.05, 0) is 57.4 Å². The van der Waals surface area contributed by atoms with Gasteiger partial charge in [-0.25, -0.2) is 9.78 Å². The molecule has 8 heteroatoms. The van der Waals surface area contributed by atoms with Gasteiger partial charge in [-0.1, -0.05) is 38.5 Å². The predicted octanol–water partition coefficient (Wildman–Crippen LogP) is 5.95. The summed E-state index contributed by atoms with van der Waals surface area (Å²) in [5.41, 5.74) is 1.10. The average Bonchev–Trinajstić information content (AvgIpc) is 3.20. The van der Waals surface area contributed by atoms with E-state index >= 15 is 0 Å². The van der Waals surface area contributed by atoms with Crippen LogP contribution in [0.4, 0.5) is 16.6 Å². The highest BCUT2D eigenvalue weighted by Gasteiger charge is 2.25. The second-order valence-corrected chi connectivity index (χ2v) is 7.93. The maximum atomic E-state index is 11.7. The van der Waals surface area contributed by atoms with Crippen molar-refractivity contribution in [1.29, 1.82) is 0 Å². The Hall–Kier alpha value is -2.87. The summed E-state index contributed by atoms with van der Waals surface area (Å²) in [7, 11) is 1.66. The van der Waals surface area contributed by atoms with Gasteiger partial charge in [-0.2, -0.15) is 4.98 Å². The van der Waals surface area contributed by atoms with Crippen LogP contribution in [0.5, 0.6) is 5.75 Å². The molecule has 1 N–H and O–H groups in total. The first-order valence-corrected chi connectivity index (χ1v) is 11.1. The zero-order valence-electron chi connectivity index (χ0n) is 18.2. The molecule has 1 fully saturated rings.